The van der Waals surface area contributed by atoms with Crippen molar-refractivity contribution in [1.82, 2.24) is 15.5 Å². The molecule has 104 valence electrons. The smallest absolute Gasteiger partial charge is 0.271 e. The maximum absolute atomic E-state index is 11.3. The first-order chi connectivity index (χ1) is 9.63. The van der Waals surface area contributed by atoms with Gasteiger partial charge in [0.05, 0.1) is 12.8 Å². The molecule has 0 radical (unpaired) electrons. The molecule has 1 aromatic heterocycles. The minimum atomic E-state index is -0.308. The molecule has 0 aliphatic carbocycles. The predicted octanol–water partition coefficient (Wildman–Crippen LogP) is 1.22. The second-order valence-corrected chi connectivity index (χ2v) is 3.84. The number of rotatable bonds is 4. The fraction of sp³-hybridized carbons (Fsp3) is 0.154. The third-order valence-electron chi connectivity index (χ3n) is 2.52. The van der Waals surface area contributed by atoms with Crippen LogP contribution in [0.1, 0.15) is 10.5 Å². The van der Waals surface area contributed by atoms with Gasteiger partial charge in [-0.15, -0.1) is 10.2 Å². The van der Waals surface area contributed by atoms with Crippen LogP contribution in [0.15, 0.2) is 30.3 Å². The SMILES string of the molecule is CNC(=O)c1ccc(Oc2ccc(OC)c(N)c2)nn1. The average molecular weight is 274 g/mol. The maximum atomic E-state index is 11.3. The van der Waals surface area contributed by atoms with Gasteiger partial charge >= 0.3 is 0 Å². The Hall–Kier alpha value is -2.83. The zero-order chi connectivity index (χ0) is 14.5. The topological polar surface area (TPSA) is 99.4 Å². The van der Waals surface area contributed by atoms with Crippen molar-refractivity contribution >= 4 is 11.6 Å². The molecular formula is C13H14N4O3. The number of nitrogens with one attached hydrogen (secondary N) is 1. The first-order valence-electron chi connectivity index (χ1n) is 5.81. The average Bonchev–Trinajstić information content (AvgIpc) is 2.47. The third-order valence-corrected chi connectivity index (χ3v) is 2.52. The number of methoxy groups -OCH3 is 1. The Labute approximate surface area is 115 Å². The predicted molar refractivity (Wildman–Crippen MR) is 72.9 cm³/mol. The van der Waals surface area contributed by atoms with Crippen molar-refractivity contribution < 1.29 is 14.3 Å². The van der Waals surface area contributed by atoms with Crippen molar-refractivity contribution in [3.63, 3.8) is 0 Å². The summed E-state index contributed by atoms with van der Waals surface area (Å²) >= 11 is 0. The summed E-state index contributed by atoms with van der Waals surface area (Å²) in [6, 6.07) is 8.08. The Bertz CT molecular complexity index is 614. The fourth-order valence-electron chi connectivity index (χ4n) is 1.52. The van der Waals surface area contributed by atoms with E-state index in [1.165, 1.54) is 20.2 Å². The highest BCUT2D eigenvalue weighted by molar-refractivity contribution is 5.91. The van der Waals surface area contributed by atoms with Gasteiger partial charge in [-0.05, 0) is 18.2 Å². The van der Waals surface area contributed by atoms with Gasteiger partial charge in [0.2, 0.25) is 5.88 Å². The molecule has 7 nitrogen and oxygen atoms in total. The molecule has 1 amide bonds. The number of hydrogen-bond acceptors (Lipinski definition) is 6. The van der Waals surface area contributed by atoms with Gasteiger partial charge in [-0.3, -0.25) is 4.79 Å². The van der Waals surface area contributed by atoms with Gasteiger partial charge in [-0.1, -0.05) is 0 Å². The Morgan fingerprint density at radius 2 is 2.05 bits per heavy atom. The van der Waals surface area contributed by atoms with Crippen LogP contribution in [-0.4, -0.2) is 30.3 Å². The number of nitrogens with two attached hydrogens (primary N) is 1. The molecule has 3 N–H and O–H groups in total. The molecule has 0 saturated carbocycles. The number of amides is 1. The molecule has 1 heterocycles. The van der Waals surface area contributed by atoms with Crippen molar-refractivity contribution in [2.24, 2.45) is 0 Å². The summed E-state index contributed by atoms with van der Waals surface area (Å²) in [6.45, 7) is 0. The van der Waals surface area contributed by atoms with Crippen molar-refractivity contribution in [2.45, 2.75) is 0 Å². The fourth-order valence-corrected chi connectivity index (χ4v) is 1.52. The molecule has 0 unspecified atom stereocenters. The first-order valence-corrected chi connectivity index (χ1v) is 5.81. The van der Waals surface area contributed by atoms with E-state index in [-0.39, 0.29) is 17.5 Å². The number of aromatic nitrogens is 2. The summed E-state index contributed by atoms with van der Waals surface area (Å²) < 4.78 is 10.5. The Balaban J connectivity index is 2.14. The van der Waals surface area contributed by atoms with Gasteiger partial charge in [-0.25, -0.2) is 0 Å². The van der Waals surface area contributed by atoms with Crippen LogP contribution in [0.5, 0.6) is 17.4 Å². The number of hydrogen-bond donors (Lipinski definition) is 2. The molecular weight excluding hydrogens is 260 g/mol. The van der Waals surface area contributed by atoms with E-state index in [2.05, 4.69) is 15.5 Å². The third kappa shape index (κ3) is 2.94. The zero-order valence-corrected chi connectivity index (χ0v) is 11.1. The number of carbonyl (C=O) groups is 1. The number of ether oxygens (including phenoxy) is 2. The number of nitrogens with zero attached hydrogens (tertiary/aromatic N) is 2. The van der Waals surface area contributed by atoms with Gasteiger partial charge in [0, 0.05) is 19.2 Å². The molecule has 0 aliphatic rings. The number of carbonyl (C=O) groups excluding carboxylic acids is 1. The van der Waals surface area contributed by atoms with Crippen LogP contribution in [0.3, 0.4) is 0 Å². The molecule has 0 spiro atoms. The molecule has 2 aromatic rings. The van der Waals surface area contributed by atoms with Crippen LogP contribution < -0.4 is 20.5 Å². The van der Waals surface area contributed by atoms with E-state index >= 15 is 0 Å². The highest BCUT2D eigenvalue weighted by atomic mass is 16.5. The number of anilines is 1. The first kappa shape index (κ1) is 13.6. The van der Waals surface area contributed by atoms with Crippen LogP contribution in [0.2, 0.25) is 0 Å². The normalized spacial score (nSPS) is 9.90. The summed E-state index contributed by atoms with van der Waals surface area (Å²) in [4.78, 5) is 11.3. The van der Waals surface area contributed by atoms with E-state index in [9.17, 15) is 4.79 Å². The van der Waals surface area contributed by atoms with Gasteiger partial charge in [0.15, 0.2) is 5.69 Å². The van der Waals surface area contributed by atoms with Crippen molar-refractivity contribution in [3.8, 4) is 17.4 Å². The molecule has 2 rings (SSSR count). The molecule has 0 bridgehead atoms. The lowest BCUT2D eigenvalue weighted by atomic mass is 10.3. The van der Waals surface area contributed by atoms with E-state index < -0.39 is 0 Å². The van der Waals surface area contributed by atoms with E-state index in [1.54, 1.807) is 24.3 Å². The molecule has 20 heavy (non-hydrogen) atoms. The zero-order valence-electron chi connectivity index (χ0n) is 11.1. The molecule has 0 fully saturated rings. The Morgan fingerprint density at radius 1 is 1.25 bits per heavy atom. The van der Waals surface area contributed by atoms with Gasteiger partial charge in [0.25, 0.3) is 5.91 Å². The number of nitrogen functional groups attached to an aromatic ring is 1. The Morgan fingerprint density at radius 3 is 2.60 bits per heavy atom. The van der Waals surface area contributed by atoms with E-state index in [0.717, 1.165) is 0 Å². The van der Waals surface area contributed by atoms with Gasteiger partial charge in [0.1, 0.15) is 11.5 Å². The monoisotopic (exact) mass is 274 g/mol. The minimum Gasteiger partial charge on any atom is -0.495 e. The minimum absolute atomic E-state index is 0.217. The molecule has 1 aromatic carbocycles. The standard InChI is InChI=1S/C13H14N4O3/c1-15-13(18)10-4-6-12(17-16-10)20-8-3-5-11(19-2)9(14)7-8/h3-7H,14H2,1-2H3,(H,15,18). The largest absolute Gasteiger partial charge is 0.495 e. The van der Waals surface area contributed by atoms with Crippen LogP contribution in [-0.2, 0) is 0 Å². The van der Waals surface area contributed by atoms with Crippen LogP contribution in [0.4, 0.5) is 5.69 Å². The highest BCUT2D eigenvalue weighted by Gasteiger charge is 2.07. The van der Waals surface area contributed by atoms with Gasteiger partial charge < -0.3 is 20.5 Å². The lowest BCUT2D eigenvalue weighted by molar-refractivity contribution is 0.0957. The highest BCUT2D eigenvalue weighted by Crippen LogP contribution is 2.28. The van der Waals surface area contributed by atoms with Crippen molar-refractivity contribution in [3.05, 3.63) is 36.0 Å². The summed E-state index contributed by atoms with van der Waals surface area (Å²) in [5.74, 6) is 1.03. The number of benzene rings is 1. The lowest BCUT2D eigenvalue weighted by Gasteiger charge is -2.08. The summed E-state index contributed by atoms with van der Waals surface area (Å²) in [7, 11) is 3.06. The second-order valence-electron chi connectivity index (χ2n) is 3.84. The summed E-state index contributed by atoms with van der Waals surface area (Å²) in [5, 5.41) is 10.0. The molecule has 0 aliphatic heterocycles. The summed E-state index contributed by atoms with van der Waals surface area (Å²) in [6.07, 6.45) is 0. The second kappa shape index (κ2) is 5.87. The quantitative estimate of drug-likeness (QED) is 0.813. The van der Waals surface area contributed by atoms with Crippen molar-refractivity contribution in [1.29, 1.82) is 0 Å². The van der Waals surface area contributed by atoms with E-state index in [0.29, 0.717) is 17.2 Å². The maximum Gasteiger partial charge on any atom is 0.271 e. The molecule has 7 heteroatoms. The molecule has 0 atom stereocenters. The summed E-state index contributed by atoms with van der Waals surface area (Å²) in [5.41, 5.74) is 6.45. The van der Waals surface area contributed by atoms with E-state index in [1.807, 2.05) is 0 Å². The van der Waals surface area contributed by atoms with E-state index in [4.69, 9.17) is 15.2 Å². The Kier molecular flexibility index (Phi) is 3.99. The lowest BCUT2D eigenvalue weighted by Crippen LogP contribution is -2.19. The van der Waals surface area contributed by atoms with Crippen LogP contribution in [0, 0.1) is 0 Å². The van der Waals surface area contributed by atoms with Gasteiger partial charge in [-0.2, -0.15) is 0 Å². The van der Waals surface area contributed by atoms with Crippen LogP contribution in [0.25, 0.3) is 0 Å². The molecule has 0 saturated heterocycles. The van der Waals surface area contributed by atoms with Crippen LogP contribution >= 0.6 is 0 Å². The van der Waals surface area contributed by atoms with Crippen molar-refractivity contribution in [2.75, 3.05) is 19.9 Å².